The normalized spacial score (nSPS) is 18.3. The van der Waals surface area contributed by atoms with Gasteiger partial charge in [0.25, 0.3) is 0 Å². The summed E-state index contributed by atoms with van der Waals surface area (Å²) in [4.78, 5) is 11.5. The summed E-state index contributed by atoms with van der Waals surface area (Å²) in [5, 5.41) is 3.33. The molecule has 1 fully saturated rings. The van der Waals surface area contributed by atoms with E-state index < -0.39 is 0 Å². The Balaban J connectivity index is 1.63. The molecule has 0 radical (unpaired) electrons. The number of rotatable bonds is 3. The van der Waals surface area contributed by atoms with E-state index >= 15 is 0 Å². The summed E-state index contributed by atoms with van der Waals surface area (Å²) < 4.78 is 10.4. The van der Waals surface area contributed by atoms with Crippen molar-refractivity contribution < 1.29 is 13.9 Å². The Morgan fingerprint density at radius 1 is 1.50 bits per heavy atom. The fourth-order valence-electron chi connectivity index (χ4n) is 1.64. The van der Waals surface area contributed by atoms with Crippen LogP contribution < -0.4 is 16.2 Å². The SMILES string of the molecule is O=C(NNC(=S)NC[C@H]1CCCO1)c1ccco1. The van der Waals surface area contributed by atoms with Crippen LogP contribution in [0.25, 0.3) is 0 Å². The molecule has 0 spiro atoms. The van der Waals surface area contributed by atoms with Crippen LogP contribution in [-0.4, -0.2) is 30.3 Å². The van der Waals surface area contributed by atoms with E-state index in [2.05, 4.69) is 16.2 Å². The molecule has 1 amide bonds. The number of thiocarbonyl (C=S) groups is 1. The van der Waals surface area contributed by atoms with E-state index in [-0.39, 0.29) is 17.8 Å². The van der Waals surface area contributed by atoms with Crippen LogP contribution in [0.2, 0.25) is 0 Å². The fraction of sp³-hybridized carbons (Fsp3) is 0.455. The van der Waals surface area contributed by atoms with Crippen LogP contribution in [0.4, 0.5) is 0 Å². The van der Waals surface area contributed by atoms with Crippen molar-refractivity contribution >= 4 is 23.2 Å². The third-order valence-corrected chi connectivity index (χ3v) is 2.80. The summed E-state index contributed by atoms with van der Waals surface area (Å²) in [6, 6.07) is 3.21. The van der Waals surface area contributed by atoms with E-state index in [1.807, 2.05) is 0 Å². The first-order valence-electron chi connectivity index (χ1n) is 5.75. The van der Waals surface area contributed by atoms with Crippen molar-refractivity contribution in [2.75, 3.05) is 13.2 Å². The van der Waals surface area contributed by atoms with Crippen LogP contribution in [0.3, 0.4) is 0 Å². The number of hydrogen-bond acceptors (Lipinski definition) is 4. The van der Waals surface area contributed by atoms with E-state index in [9.17, 15) is 4.79 Å². The van der Waals surface area contributed by atoms with Crippen molar-refractivity contribution in [1.82, 2.24) is 16.2 Å². The maximum atomic E-state index is 11.5. The third kappa shape index (κ3) is 3.71. The molecule has 2 rings (SSSR count). The van der Waals surface area contributed by atoms with E-state index in [1.165, 1.54) is 6.26 Å². The largest absolute Gasteiger partial charge is 0.459 e. The van der Waals surface area contributed by atoms with Crippen LogP contribution in [0.5, 0.6) is 0 Å². The minimum atomic E-state index is -0.374. The second-order valence-corrected chi connectivity index (χ2v) is 4.31. The Morgan fingerprint density at radius 2 is 2.39 bits per heavy atom. The minimum absolute atomic E-state index is 0.200. The van der Waals surface area contributed by atoms with E-state index in [4.69, 9.17) is 21.4 Å². The molecule has 3 N–H and O–H groups in total. The number of carbonyl (C=O) groups excluding carboxylic acids is 1. The highest BCUT2D eigenvalue weighted by atomic mass is 32.1. The molecule has 1 aromatic rings. The Hall–Kier alpha value is -1.60. The van der Waals surface area contributed by atoms with Gasteiger partial charge < -0.3 is 14.5 Å². The van der Waals surface area contributed by atoms with Crippen molar-refractivity contribution in [3.63, 3.8) is 0 Å². The lowest BCUT2D eigenvalue weighted by molar-refractivity contribution is 0.0915. The summed E-state index contributed by atoms with van der Waals surface area (Å²) in [5.74, 6) is -0.148. The number of ether oxygens (including phenoxy) is 1. The molecular formula is C11H15N3O3S. The van der Waals surface area contributed by atoms with Crippen molar-refractivity contribution in [3.8, 4) is 0 Å². The molecule has 0 aromatic carbocycles. The van der Waals surface area contributed by atoms with Gasteiger partial charge in [-0.2, -0.15) is 0 Å². The number of nitrogens with one attached hydrogen (secondary N) is 3. The molecule has 0 aliphatic carbocycles. The molecule has 1 atom stereocenters. The first kappa shape index (κ1) is 12.8. The number of furan rings is 1. The van der Waals surface area contributed by atoms with Gasteiger partial charge in [-0.1, -0.05) is 0 Å². The smallest absolute Gasteiger partial charge is 0.305 e. The highest BCUT2D eigenvalue weighted by Gasteiger charge is 2.15. The van der Waals surface area contributed by atoms with Gasteiger partial charge in [-0.15, -0.1) is 0 Å². The quantitative estimate of drug-likeness (QED) is 0.550. The van der Waals surface area contributed by atoms with Gasteiger partial charge in [-0.05, 0) is 37.2 Å². The van der Waals surface area contributed by atoms with Crippen molar-refractivity contribution in [1.29, 1.82) is 0 Å². The highest BCUT2D eigenvalue weighted by molar-refractivity contribution is 7.80. The summed E-state index contributed by atoms with van der Waals surface area (Å²) in [6.07, 6.45) is 3.75. The molecule has 98 valence electrons. The number of hydrogen-bond donors (Lipinski definition) is 3. The molecular weight excluding hydrogens is 254 g/mol. The second-order valence-electron chi connectivity index (χ2n) is 3.90. The first-order valence-corrected chi connectivity index (χ1v) is 6.16. The summed E-state index contributed by atoms with van der Waals surface area (Å²) in [5.41, 5.74) is 5.03. The van der Waals surface area contributed by atoms with Crippen LogP contribution in [-0.2, 0) is 4.74 Å². The van der Waals surface area contributed by atoms with Crippen molar-refractivity contribution in [2.45, 2.75) is 18.9 Å². The standard InChI is InChI=1S/C11H15N3O3S/c15-10(9-4-2-6-17-9)13-14-11(18)12-7-8-3-1-5-16-8/h2,4,6,8H,1,3,5,7H2,(H,13,15)(H2,12,14,18)/t8-/m1/s1. The van der Waals surface area contributed by atoms with Crippen LogP contribution >= 0.6 is 12.2 Å². The highest BCUT2D eigenvalue weighted by Crippen LogP contribution is 2.10. The van der Waals surface area contributed by atoms with E-state index in [1.54, 1.807) is 12.1 Å². The van der Waals surface area contributed by atoms with Gasteiger partial charge in [0.05, 0.1) is 12.4 Å². The molecule has 1 saturated heterocycles. The third-order valence-electron chi connectivity index (χ3n) is 2.55. The Labute approximate surface area is 110 Å². The molecule has 6 nitrogen and oxygen atoms in total. The molecule has 2 heterocycles. The summed E-state index contributed by atoms with van der Waals surface area (Å²) in [6.45, 7) is 1.45. The fourth-order valence-corrected chi connectivity index (χ4v) is 1.77. The molecule has 0 bridgehead atoms. The molecule has 1 aromatic heterocycles. The van der Waals surface area contributed by atoms with Gasteiger partial charge in [0.2, 0.25) is 0 Å². The molecule has 0 saturated carbocycles. The average molecular weight is 269 g/mol. The first-order chi connectivity index (χ1) is 8.75. The molecule has 1 aliphatic heterocycles. The lowest BCUT2D eigenvalue weighted by Gasteiger charge is -2.13. The van der Waals surface area contributed by atoms with Gasteiger partial charge in [-0.3, -0.25) is 15.6 Å². The zero-order valence-corrected chi connectivity index (χ0v) is 10.6. The predicted octanol–water partition coefficient (Wildman–Crippen LogP) is 0.567. The van der Waals surface area contributed by atoms with Gasteiger partial charge >= 0.3 is 5.91 Å². The summed E-state index contributed by atoms with van der Waals surface area (Å²) in [7, 11) is 0. The predicted molar refractivity (Wildman–Crippen MR) is 68.9 cm³/mol. The lowest BCUT2D eigenvalue weighted by atomic mass is 10.2. The maximum absolute atomic E-state index is 11.5. The number of hydrazine groups is 1. The Bertz CT molecular complexity index is 402. The van der Waals surface area contributed by atoms with Crippen molar-refractivity contribution in [3.05, 3.63) is 24.2 Å². The van der Waals surface area contributed by atoms with Gasteiger partial charge in [0, 0.05) is 13.2 Å². The van der Waals surface area contributed by atoms with E-state index in [0.717, 1.165) is 19.4 Å². The zero-order valence-electron chi connectivity index (χ0n) is 9.77. The van der Waals surface area contributed by atoms with Crippen LogP contribution in [0, 0.1) is 0 Å². The zero-order chi connectivity index (χ0) is 12.8. The Morgan fingerprint density at radius 3 is 3.06 bits per heavy atom. The van der Waals surface area contributed by atoms with Crippen molar-refractivity contribution in [2.24, 2.45) is 0 Å². The topological polar surface area (TPSA) is 75.5 Å². The van der Waals surface area contributed by atoms with Crippen LogP contribution in [0.1, 0.15) is 23.4 Å². The van der Waals surface area contributed by atoms with Crippen LogP contribution in [0.15, 0.2) is 22.8 Å². The van der Waals surface area contributed by atoms with E-state index in [0.29, 0.717) is 11.7 Å². The van der Waals surface area contributed by atoms with Gasteiger partial charge in [0.1, 0.15) is 0 Å². The molecule has 7 heteroatoms. The molecule has 0 unspecified atom stereocenters. The van der Waals surface area contributed by atoms with Gasteiger partial charge in [0.15, 0.2) is 10.9 Å². The maximum Gasteiger partial charge on any atom is 0.305 e. The minimum Gasteiger partial charge on any atom is -0.459 e. The van der Waals surface area contributed by atoms with Gasteiger partial charge in [-0.25, -0.2) is 0 Å². The average Bonchev–Trinajstić information content (AvgIpc) is 3.05. The molecule has 1 aliphatic rings. The number of carbonyl (C=O) groups is 1. The monoisotopic (exact) mass is 269 g/mol. The molecule has 18 heavy (non-hydrogen) atoms. The Kier molecular flexibility index (Phi) is 4.54. The second kappa shape index (κ2) is 6.36. The summed E-state index contributed by atoms with van der Waals surface area (Å²) >= 11 is 5.01. The number of amides is 1. The lowest BCUT2D eigenvalue weighted by Crippen LogP contribution is -2.48.